The summed E-state index contributed by atoms with van der Waals surface area (Å²) in [5.74, 6) is -3.46. The smallest absolute Gasteiger partial charge is 0.456 e. The van der Waals surface area contributed by atoms with Gasteiger partial charge in [-0.25, -0.2) is 24.3 Å². The molecule has 0 amide bonds. The number of phosphoric ester groups is 1. The number of nitro groups is 2. The third-order valence-corrected chi connectivity index (χ3v) is 16.2. The van der Waals surface area contributed by atoms with E-state index in [1.165, 1.54) is 64.7 Å². The molecule has 4 aliphatic rings. The van der Waals surface area contributed by atoms with Crippen molar-refractivity contribution in [3.8, 4) is 5.75 Å². The van der Waals surface area contributed by atoms with Crippen molar-refractivity contribution >= 4 is 60.4 Å². The van der Waals surface area contributed by atoms with Crippen molar-refractivity contribution in [2.75, 3.05) is 13.2 Å². The number of fused-ring (bicyclic) bond motifs is 2. The summed E-state index contributed by atoms with van der Waals surface area (Å²) in [6, 6.07) is 14.8. The van der Waals surface area contributed by atoms with Crippen LogP contribution in [0.15, 0.2) is 78.1 Å². The van der Waals surface area contributed by atoms with Crippen LogP contribution in [0.4, 0.5) is 11.4 Å². The van der Waals surface area contributed by atoms with Gasteiger partial charge in [-0.05, 0) is 89.6 Å². The molecule has 0 aliphatic carbocycles. The van der Waals surface area contributed by atoms with Gasteiger partial charge < -0.3 is 22.8 Å². The molecule has 20 nitrogen and oxygen atoms in total. The zero-order valence-electron chi connectivity index (χ0n) is 43.3. The van der Waals surface area contributed by atoms with E-state index >= 15 is 0 Å². The van der Waals surface area contributed by atoms with Gasteiger partial charge in [0.25, 0.3) is 11.4 Å². The number of esters is 2. The standard InChI is InChI=1S/C50H67N4O16PSi2/c1-28-38(43(47(55)64-24-30-16-20-32(21-17-30)53(57)58)51-41(28)45(68-51)35(49(3,4)5)26-66-72(9)10)34-14-13-15-37(70-71(61,62)63)40(34)39-29(2)42-46(36(50(6,7)8)27-67-73(11)12)69-52(42)44(39)48(56)65-25-31-18-22-33(23-19-31)54(59)60/h13-23,28-29,35-36,41-42,45-46,72-73H,24-27H2,1-12H3,(H2,61,62,63)/t28-,29-,35-,36-,41-,42-,45+,46+/m1/s1. The van der Waals surface area contributed by atoms with E-state index in [1.807, 2.05) is 13.8 Å². The monoisotopic (exact) mass is 1070 g/mol. The largest absolute Gasteiger partial charge is 0.524 e. The van der Waals surface area contributed by atoms with Crippen LogP contribution < -0.4 is 4.52 Å². The summed E-state index contributed by atoms with van der Waals surface area (Å²) in [7, 11) is -8.34. The molecule has 3 aromatic rings. The number of nitro benzene ring substituents is 2. The minimum absolute atomic E-state index is 0.00537. The topological polar surface area (TPSA) is 249 Å². The van der Waals surface area contributed by atoms with E-state index in [9.17, 15) is 44.2 Å². The van der Waals surface area contributed by atoms with Crippen molar-refractivity contribution in [3.05, 3.63) is 121 Å². The highest BCUT2D eigenvalue weighted by atomic mass is 31.2. The molecule has 2 N–H and O–H groups in total. The Kier molecular flexibility index (Phi) is 16.3. The molecule has 2 fully saturated rings. The molecule has 7 rings (SSSR count). The molecular formula is C50H67N4O16PSi2. The van der Waals surface area contributed by atoms with Gasteiger partial charge in [0, 0.05) is 72.3 Å². The maximum Gasteiger partial charge on any atom is 0.524 e. The maximum atomic E-state index is 14.9. The predicted molar refractivity (Wildman–Crippen MR) is 274 cm³/mol. The molecular weight excluding hydrogens is 1000 g/mol. The fraction of sp³-hybridized carbons (Fsp3) is 0.520. The molecule has 0 bridgehead atoms. The maximum absolute atomic E-state index is 14.9. The molecule has 0 radical (unpaired) electrons. The third-order valence-electron chi connectivity index (χ3n) is 14.0. The number of hydroxylamine groups is 4. The van der Waals surface area contributed by atoms with Gasteiger partial charge in [0.1, 0.15) is 31.2 Å². The second kappa shape index (κ2) is 21.5. The summed E-state index contributed by atoms with van der Waals surface area (Å²) in [4.78, 5) is 85.9. The molecule has 0 spiro atoms. The molecule has 3 aromatic carbocycles. The zero-order valence-corrected chi connectivity index (χ0v) is 46.5. The number of phosphoric acid groups is 1. The molecule has 73 heavy (non-hydrogen) atoms. The second-order valence-corrected chi connectivity index (χ2v) is 27.9. The van der Waals surface area contributed by atoms with E-state index in [0.717, 1.165) is 0 Å². The van der Waals surface area contributed by atoms with Gasteiger partial charge in [0.15, 0.2) is 29.5 Å². The van der Waals surface area contributed by atoms with Crippen LogP contribution in [0.1, 0.15) is 77.6 Å². The molecule has 0 unspecified atom stereocenters. The highest BCUT2D eigenvalue weighted by molar-refractivity contribution is 7.46. The minimum Gasteiger partial charge on any atom is -0.456 e. The number of hydrogen-bond acceptors (Lipinski definition) is 16. The van der Waals surface area contributed by atoms with Gasteiger partial charge in [-0.1, -0.05) is 67.5 Å². The van der Waals surface area contributed by atoms with Crippen molar-refractivity contribution in [2.24, 2.45) is 34.5 Å². The Morgan fingerprint density at radius 3 is 1.45 bits per heavy atom. The van der Waals surface area contributed by atoms with Gasteiger partial charge >= 0.3 is 19.8 Å². The van der Waals surface area contributed by atoms with Crippen molar-refractivity contribution in [1.29, 1.82) is 0 Å². The lowest BCUT2D eigenvalue weighted by Gasteiger charge is -2.52. The van der Waals surface area contributed by atoms with Gasteiger partial charge in [-0.15, -0.1) is 0 Å². The fourth-order valence-electron chi connectivity index (χ4n) is 10.2. The summed E-state index contributed by atoms with van der Waals surface area (Å²) in [5, 5.41) is 25.8. The van der Waals surface area contributed by atoms with Crippen molar-refractivity contribution in [1.82, 2.24) is 10.1 Å². The molecule has 2 saturated heterocycles. The highest BCUT2D eigenvalue weighted by Gasteiger charge is 2.62. The van der Waals surface area contributed by atoms with Crippen LogP contribution in [0.25, 0.3) is 11.1 Å². The Bertz CT molecular complexity index is 2700. The van der Waals surface area contributed by atoms with Gasteiger partial charge in [-0.3, -0.25) is 39.7 Å². The van der Waals surface area contributed by atoms with Gasteiger partial charge in [-0.2, -0.15) is 0 Å². The number of carbonyl (C=O) groups is 2. The van der Waals surface area contributed by atoms with Crippen molar-refractivity contribution < 1.29 is 66.3 Å². The molecule has 23 heteroatoms. The number of benzene rings is 3. The Morgan fingerprint density at radius 2 is 1.08 bits per heavy atom. The van der Waals surface area contributed by atoms with E-state index < -0.39 is 83.8 Å². The first kappa shape index (κ1) is 55.5. The van der Waals surface area contributed by atoms with E-state index in [2.05, 4.69) is 67.7 Å². The lowest BCUT2D eigenvalue weighted by molar-refractivity contribution is -0.385. The number of rotatable bonds is 20. The Labute approximate surface area is 428 Å². The Hall–Kier alpha value is -5.30. The molecule has 0 saturated carbocycles. The minimum atomic E-state index is -5.33. The first-order valence-corrected chi connectivity index (χ1v) is 31.5. The number of hydrogen-bond donors (Lipinski definition) is 2. The summed E-state index contributed by atoms with van der Waals surface area (Å²) in [6.07, 6.45) is -0.973. The average Bonchev–Trinajstić information content (AvgIpc) is 3.63. The number of non-ortho nitro benzene ring substituents is 2. The van der Waals surface area contributed by atoms with Gasteiger partial charge in [0.2, 0.25) is 0 Å². The average molecular weight is 1070 g/mol. The van der Waals surface area contributed by atoms with E-state index in [4.69, 9.17) is 32.5 Å². The number of carbonyl (C=O) groups excluding carboxylic acids is 2. The molecule has 396 valence electrons. The Balaban J connectivity index is 1.41. The fourth-order valence-corrected chi connectivity index (χ4v) is 11.8. The van der Waals surface area contributed by atoms with Crippen LogP contribution in [-0.4, -0.2) is 97.3 Å². The Morgan fingerprint density at radius 1 is 0.685 bits per heavy atom. The van der Waals surface area contributed by atoms with Crippen LogP contribution >= 0.6 is 7.82 Å². The van der Waals surface area contributed by atoms with Crippen LogP contribution in [0.3, 0.4) is 0 Å². The van der Waals surface area contributed by atoms with Crippen LogP contribution in [0.2, 0.25) is 26.2 Å². The van der Waals surface area contributed by atoms with E-state index in [0.29, 0.717) is 35.5 Å². The first-order chi connectivity index (χ1) is 34.1. The molecule has 4 aliphatic heterocycles. The van der Waals surface area contributed by atoms with Crippen LogP contribution in [0.5, 0.6) is 5.75 Å². The zero-order chi connectivity index (χ0) is 53.6. The lowest BCUT2D eigenvalue weighted by atomic mass is 9.71. The van der Waals surface area contributed by atoms with Crippen LogP contribution in [-0.2, 0) is 55.4 Å². The van der Waals surface area contributed by atoms with E-state index in [-0.39, 0.29) is 75.5 Å². The summed E-state index contributed by atoms with van der Waals surface area (Å²) < 4.78 is 43.2. The normalized spacial score (nSPS) is 22.7. The van der Waals surface area contributed by atoms with Crippen molar-refractivity contribution in [2.45, 2.75) is 119 Å². The lowest BCUT2D eigenvalue weighted by Crippen LogP contribution is -2.63. The third kappa shape index (κ3) is 11.8. The first-order valence-electron chi connectivity index (χ1n) is 24.4. The second-order valence-electron chi connectivity index (χ2n) is 21.8. The van der Waals surface area contributed by atoms with Crippen molar-refractivity contribution in [3.63, 3.8) is 0 Å². The molecule has 0 aromatic heterocycles. The highest BCUT2D eigenvalue weighted by Crippen LogP contribution is 2.59. The molecule has 4 heterocycles. The predicted octanol–water partition coefficient (Wildman–Crippen LogP) is 8.48. The number of nitrogens with zero attached hydrogens (tertiary/aromatic N) is 4. The summed E-state index contributed by atoms with van der Waals surface area (Å²) >= 11 is 0. The van der Waals surface area contributed by atoms with Gasteiger partial charge in [0.05, 0.1) is 21.9 Å². The summed E-state index contributed by atoms with van der Waals surface area (Å²) in [5.41, 5.74) is 0.933. The van der Waals surface area contributed by atoms with E-state index in [1.54, 1.807) is 12.1 Å². The quantitative estimate of drug-likeness (QED) is 0.0354. The SMILES string of the molecule is C[C@@H]1C(c2cccc(OP(=O)(O)O)c2C2=C(C(=O)OCc3ccc([N+](=O)[O-])cc3)N3O[C@@H]([C@@H](CO[SiH](C)C)C(C)(C)C)[C@H]3[C@@H]2C)=C(C(=O)OCc2ccc([N+](=O)[O-])cc2)N2O[C@@H]([C@@H](CO[SiH](C)C)C(C)(C)C)[C@@H]12. The molecule has 8 atom stereocenters. The summed E-state index contributed by atoms with van der Waals surface area (Å²) in [6.45, 7) is 24.9. The van der Waals surface area contributed by atoms with Crippen LogP contribution in [0, 0.1) is 54.7 Å². The number of ether oxygens (including phenoxy) is 2.